The molecule has 1 aromatic carbocycles. The Balaban J connectivity index is 2.23. The number of aliphatic hydroxyl groups is 1. The highest BCUT2D eigenvalue weighted by Gasteiger charge is 2.24. The highest BCUT2D eigenvalue weighted by Crippen LogP contribution is 2.31. The first-order valence-electron chi connectivity index (χ1n) is 6.92. The average molecular weight is 293 g/mol. The summed E-state index contributed by atoms with van der Waals surface area (Å²) in [7, 11) is 0. The lowest BCUT2D eigenvalue weighted by Crippen LogP contribution is -2.32. The molecule has 3 rings (SSSR count). The van der Waals surface area contributed by atoms with Gasteiger partial charge in [-0.05, 0) is 50.8 Å². The Morgan fingerprint density at radius 2 is 2.20 bits per heavy atom. The second-order valence-corrected chi connectivity index (χ2v) is 5.92. The summed E-state index contributed by atoms with van der Waals surface area (Å²) < 4.78 is 1.70. The largest absolute Gasteiger partial charge is 0.393 e. The second-order valence-electron chi connectivity index (χ2n) is 5.49. The predicted molar refractivity (Wildman–Crippen MR) is 79.3 cm³/mol. The minimum Gasteiger partial charge on any atom is -0.393 e. The fourth-order valence-corrected chi connectivity index (χ4v) is 3.26. The molecule has 106 valence electrons. The molecule has 1 aliphatic rings. The Labute approximate surface area is 122 Å². The highest BCUT2D eigenvalue weighted by atomic mass is 35.5. The molecule has 0 aliphatic heterocycles. The van der Waals surface area contributed by atoms with Crippen LogP contribution in [0.5, 0.6) is 0 Å². The van der Waals surface area contributed by atoms with Gasteiger partial charge in [0.25, 0.3) is 0 Å². The van der Waals surface area contributed by atoms with Crippen LogP contribution in [-0.2, 0) is 0 Å². The molecule has 1 saturated carbocycles. The molecule has 20 heavy (non-hydrogen) atoms. The van der Waals surface area contributed by atoms with Gasteiger partial charge in [-0.1, -0.05) is 11.6 Å². The van der Waals surface area contributed by atoms with Gasteiger partial charge in [-0.3, -0.25) is 4.57 Å². The van der Waals surface area contributed by atoms with E-state index in [4.69, 9.17) is 11.6 Å². The van der Waals surface area contributed by atoms with Gasteiger partial charge < -0.3 is 5.11 Å². The maximum Gasteiger partial charge on any atom is 0.348 e. The Hall–Kier alpha value is -1.39. The number of nitrogens with zero attached hydrogens (tertiary/aromatic N) is 2. The zero-order valence-electron chi connectivity index (χ0n) is 11.3. The van der Waals surface area contributed by atoms with Crippen molar-refractivity contribution in [2.24, 2.45) is 0 Å². The zero-order valence-corrected chi connectivity index (χ0v) is 12.1. The topological polar surface area (TPSA) is 55.1 Å². The van der Waals surface area contributed by atoms with E-state index < -0.39 is 0 Å². The molecular formula is C15H17ClN2O2. The zero-order chi connectivity index (χ0) is 14.3. The number of hydrogen-bond donors (Lipinski definition) is 1. The van der Waals surface area contributed by atoms with E-state index in [-0.39, 0.29) is 17.8 Å². The lowest BCUT2D eigenvalue weighted by Gasteiger charge is -2.28. The van der Waals surface area contributed by atoms with Crippen LogP contribution in [0.15, 0.2) is 23.0 Å². The van der Waals surface area contributed by atoms with Crippen molar-refractivity contribution in [2.45, 2.75) is 44.8 Å². The van der Waals surface area contributed by atoms with Crippen molar-refractivity contribution in [1.29, 1.82) is 0 Å². The van der Waals surface area contributed by atoms with Crippen molar-refractivity contribution >= 4 is 22.5 Å². The second kappa shape index (κ2) is 5.19. The molecule has 1 N–H and O–H groups in total. The first-order valence-corrected chi connectivity index (χ1v) is 7.30. The van der Waals surface area contributed by atoms with E-state index in [2.05, 4.69) is 4.98 Å². The van der Waals surface area contributed by atoms with Crippen LogP contribution in [0, 0.1) is 6.92 Å². The van der Waals surface area contributed by atoms with Gasteiger partial charge in [-0.15, -0.1) is 0 Å². The maximum absolute atomic E-state index is 12.3. The molecule has 1 aliphatic carbocycles. The number of benzene rings is 1. The summed E-state index contributed by atoms with van der Waals surface area (Å²) in [5.41, 5.74) is 1.28. The molecule has 2 aromatic rings. The van der Waals surface area contributed by atoms with Crippen LogP contribution in [0.2, 0.25) is 5.02 Å². The van der Waals surface area contributed by atoms with Crippen molar-refractivity contribution < 1.29 is 5.11 Å². The first-order chi connectivity index (χ1) is 9.56. The molecule has 0 spiro atoms. The maximum atomic E-state index is 12.3. The van der Waals surface area contributed by atoms with Gasteiger partial charge in [0.15, 0.2) is 0 Å². The van der Waals surface area contributed by atoms with E-state index >= 15 is 0 Å². The summed E-state index contributed by atoms with van der Waals surface area (Å²) >= 11 is 6.08. The lowest BCUT2D eigenvalue weighted by atomic mass is 9.92. The first kappa shape index (κ1) is 13.6. The Kier molecular flexibility index (Phi) is 3.52. The number of hydrogen-bond acceptors (Lipinski definition) is 3. The van der Waals surface area contributed by atoms with Crippen LogP contribution in [-0.4, -0.2) is 20.8 Å². The number of aromatic nitrogens is 2. The third-order valence-electron chi connectivity index (χ3n) is 4.06. The van der Waals surface area contributed by atoms with Crippen LogP contribution in [0.4, 0.5) is 0 Å². The van der Waals surface area contributed by atoms with Crippen molar-refractivity contribution in [3.8, 4) is 0 Å². The normalized spacial score (nSPS) is 23.1. The fraction of sp³-hybridized carbons (Fsp3) is 0.467. The minimum absolute atomic E-state index is 0.000293. The number of aliphatic hydroxyl groups excluding tert-OH is 1. The molecule has 0 saturated heterocycles. The molecule has 0 amide bonds. The van der Waals surface area contributed by atoms with Gasteiger partial charge in [0.2, 0.25) is 0 Å². The summed E-state index contributed by atoms with van der Waals surface area (Å²) in [6.07, 6.45) is 2.89. The third kappa shape index (κ3) is 2.34. The Bertz CT molecular complexity index is 711. The van der Waals surface area contributed by atoms with Crippen LogP contribution >= 0.6 is 11.6 Å². The summed E-state index contributed by atoms with van der Waals surface area (Å²) in [5.74, 6) is 0. The van der Waals surface area contributed by atoms with Crippen LogP contribution in [0.1, 0.15) is 37.4 Å². The summed E-state index contributed by atoms with van der Waals surface area (Å²) in [6.45, 7) is 1.83. The number of halogens is 1. The van der Waals surface area contributed by atoms with E-state index in [0.29, 0.717) is 17.1 Å². The molecule has 1 heterocycles. The van der Waals surface area contributed by atoms with Gasteiger partial charge in [0, 0.05) is 16.5 Å². The Morgan fingerprint density at radius 1 is 1.40 bits per heavy atom. The molecule has 1 fully saturated rings. The van der Waals surface area contributed by atoms with Crippen molar-refractivity contribution in [1.82, 2.24) is 9.55 Å². The van der Waals surface area contributed by atoms with Gasteiger partial charge in [0.1, 0.15) is 0 Å². The van der Waals surface area contributed by atoms with Crippen molar-refractivity contribution in [3.63, 3.8) is 0 Å². The van der Waals surface area contributed by atoms with E-state index in [1.807, 2.05) is 25.1 Å². The van der Waals surface area contributed by atoms with E-state index in [9.17, 15) is 9.90 Å². The summed E-state index contributed by atoms with van der Waals surface area (Å²) in [6, 6.07) is 5.52. The smallest absolute Gasteiger partial charge is 0.348 e. The lowest BCUT2D eigenvalue weighted by molar-refractivity contribution is 0.104. The summed E-state index contributed by atoms with van der Waals surface area (Å²) in [5, 5.41) is 11.4. The van der Waals surface area contributed by atoms with Crippen LogP contribution in [0.3, 0.4) is 0 Å². The molecule has 1 aromatic heterocycles. The molecule has 2 atom stereocenters. The average Bonchev–Trinajstić information content (AvgIpc) is 2.38. The monoisotopic (exact) mass is 292 g/mol. The highest BCUT2D eigenvalue weighted by molar-refractivity contribution is 6.31. The third-order valence-corrected chi connectivity index (χ3v) is 4.30. The van der Waals surface area contributed by atoms with Gasteiger partial charge >= 0.3 is 5.69 Å². The Morgan fingerprint density at radius 3 is 2.95 bits per heavy atom. The van der Waals surface area contributed by atoms with Crippen molar-refractivity contribution in [3.05, 3.63) is 39.4 Å². The van der Waals surface area contributed by atoms with Gasteiger partial charge in [-0.2, -0.15) is 4.98 Å². The molecule has 0 radical (unpaired) electrons. The SMILES string of the molecule is Cc1nc(=O)n(C2CCCC(O)C2)c2cc(Cl)ccc12. The number of rotatable bonds is 1. The minimum atomic E-state index is -0.337. The van der Waals surface area contributed by atoms with Gasteiger partial charge in [0.05, 0.1) is 17.3 Å². The fourth-order valence-electron chi connectivity index (χ4n) is 3.10. The van der Waals surface area contributed by atoms with Crippen LogP contribution in [0.25, 0.3) is 10.9 Å². The number of aryl methyl sites for hydroxylation is 1. The van der Waals surface area contributed by atoms with E-state index in [0.717, 1.165) is 30.2 Å². The standard InChI is InChI=1S/C15H17ClN2O2/c1-9-13-6-5-10(16)7-14(13)18(15(20)17-9)11-3-2-4-12(19)8-11/h5-7,11-12,19H,2-4,8H2,1H3. The number of fused-ring (bicyclic) bond motifs is 1. The quantitative estimate of drug-likeness (QED) is 0.879. The molecular weight excluding hydrogens is 276 g/mol. The molecule has 4 nitrogen and oxygen atoms in total. The molecule has 5 heteroatoms. The van der Waals surface area contributed by atoms with E-state index in [1.165, 1.54) is 0 Å². The van der Waals surface area contributed by atoms with Crippen molar-refractivity contribution in [2.75, 3.05) is 0 Å². The van der Waals surface area contributed by atoms with Crippen LogP contribution < -0.4 is 5.69 Å². The van der Waals surface area contributed by atoms with E-state index in [1.54, 1.807) is 4.57 Å². The molecule has 0 bridgehead atoms. The molecule has 2 unspecified atom stereocenters. The van der Waals surface area contributed by atoms with Gasteiger partial charge in [-0.25, -0.2) is 4.79 Å². The predicted octanol–water partition coefficient (Wildman–Crippen LogP) is 2.83. The summed E-state index contributed by atoms with van der Waals surface area (Å²) in [4.78, 5) is 16.4.